The van der Waals surface area contributed by atoms with E-state index in [1.807, 2.05) is 36.0 Å². The summed E-state index contributed by atoms with van der Waals surface area (Å²) >= 11 is 1.83. The Kier molecular flexibility index (Phi) is 3.28. The SMILES string of the molecule is Cc1cc(Cn2cncc2-c2cccnc2N)sc1C. The highest BCUT2D eigenvalue weighted by molar-refractivity contribution is 7.12. The Hall–Kier alpha value is -2.14. The number of pyridine rings is 1. The molecular formula is C15H16N4S. The molecule has 102 valence electrons. The number of rotatable bonds is 3. The van der Waals surface area contributed by atoms with Crippen molar-refractivity contribution in [3.8, 4) is 11.3 Å². The summed E-state index contributed by atoms with van der Waals surface area (Å²) in [5, 5.41) is 0. The highest BCUT2D eigenvalue weighted by Crippen LogP contribution is 2.26. The van der Waals surface area contributed by atoms with Crippen LogP contribution in [0.2, 0.25) is 0 Å². The summed E-state index contributed by atoms with van der Waals surface area (Å²) in [7, 11) is 0. The molecule has 3 aromatic rings. The van der Waals surface area contributed by atoms with Crippen LogP contribution in [-0.4, -0.2) is 14.5 Å². The number of imidazole rings is 1. The minimum Gasteiger partial charge on any atom is -0.383 e. The molecule has 0 aliphatic carbocycles. The second-order valence-electron chi connectivity index (χ2n) is 4.79. The van der Waals surface area contributed by atoms with Gasteiger partial charge in [-0.25, -0.2) is 9.97 Å². The molecule has 0 radical (unpaired) electrons. The van der Waals surface area contributed by atoms with E-state index in [9.17, 15) is 0 Å². The van der Waals surface area contributed by atoms with Gasteiger partial charge >= 0.3 is 0 Å². The maximum Gasteiger partial charge on any atom is 0.132 e. The highest BCUT2D eigenvalue weighted by Gasteiger charge is 2.10. The summed E-state index contributed by atoms with van der Waals surface area (Å²) in [4.78, 5) is 11.1. The molecule has 4 nitrogen and oxygen atoms in total. The molecule has 0 bridgehead atoms. The van der Waals surface area contributed by atoms with Crippen molar-refractivity contribution in [1.29, 1.82) is 0 Å². The number of anilines is 1. The topological polar surface area (TPSA) is 56.7 Å². The number of hydrogen-bond donors (Lipinski definition) is 1. The summed E-state index contributed by atoms with van der Waals surface area (Å²) in [5.74, 6) is 0.535. The second-order valence-corrected chi connectivity index (χ2v) is 6.14. The van der Waals surface area contributed by atoms with Crippen LogP contribution in [0.3, 0.4) is 0 Å². The van der Waals surface area contributed by atoms with Crippen LogP contribution in [0.1, 0.15) is 15.3 Å². The zero-order valence-electron chi connectivity index (χ0n) is 11.5. The molecule has 2 N–H and O–H groups in total. The molecule has 0 saturated carbocycles. The van der Waals surface area contributed by atoms with E-state index < -0.39 is 0 Å². The molecule has 0 unspecified atom stereocenters. The van der Waals surface area contributed by atoms with Crippen LogP contribution >= 0.6 is 11.3 Å². The standard InChI is InChI=1S/C15H16N4S/c1-10-6-12(20-11(10)2)8-19-9-17-7-14(19)13-4-3-5-18-15(13)16/h3-7,9H,8H2,1-2H3,(H2,16,18). The molecule has 0 saturated heterocycles. The van der Waals surface area contributed by atoms with Crippen molar-refractivity contribution in [2.75, 3.05) is 5.73 Å². The number of thiophene rings is 1. The van der Waals surface area contributed by atoms with E-state index in [1.54, 1.807) is 6.20 Å². The molecule has 0 aliphatic rings. The first-order valence-electron chi connectivity index (χ1n) is 6.42. The molecule has 3 aromatic heterocycles. The predicted molar refractivity (Wildman–Crippen MR) is 82.8 cm³/mol. The van der Waals surface area contributed by atoms with Gasteiger partial charge in [-0.05, 0) is 37.6 Å². The molecule has 3 rings (SSSR count). The summed E-state index contributed by atoms with van der Waals surface area (Å²) in [6, 6.07) is 6.10. The van der Waals surface area contributed by atoms with Crippen molar-refractivity contribution in [3.05, 3.63) is 52.2 Å². The van der Waals surface area contributed by atoms with Crippen molar-refractivity contribution in [3.63, 3.8) is 0 Å². The average molecular weight is 284 g/mol. The van der Waals surface area contributed by atoms with Gasteiger partial charge in [-0.2, -0.15) is 0 Å². The molecule has 0 aromatic carbocycles. The lowest BCUT2D eigenvalue weighted by molar-refractivity contribution is 0.817. The maximum absolute atomic E-state index is 5.95. The van der Waals surface area contributed by atoms with E-state index in [0.717, 1.165) is 17.8 Å². The lowest BCUT2D eigenvalue weighted by Crippen LogP contribution is -2.01. The van der Waals surface area contributed by atoms with E-state index in [4.69, 9.17) is 5.73 Å². The van der Waals surface area contributed by atoms with Crippen molar-refractivity contribution in [2.45, 2.75) is 20.4 Å². The fourth-order valence-electron chi connectivity index (χ4n) is 2.20. The Bertz CT molecular complexity index is 722. The largest absolute Gasteiger partial charge is 0.383 e. The van der Waals surface area contributed by atoms with Crippen LogP contribution < -0.4 is 5.73 Å². The molecule has 0 atom stereocenters. The van der Waals surface area contributed by atoms with E-state index >= 15 is 0 Å². The lowest BCUT2D eigenvalue weighted by atomic mass is 10.2. The Labute approximate surface area is 121 Å². The van der Waals surface area contributed by atoms with Crippen LogP contribution in [0.25, 0.3) is 11.3 Å². The van der Waals surface area contributed by atoms with Gasteiger partial charge < -0.3 is 10.3 Å². The van der Waals surface area contributed by atoms with Crippen LogP contribution in [0.5, 0.6) is 0 Å². The fourth-order valence-corrected chi connectivity index (χ4v) is 3.25. The van der Waals surface area contributed by atoms with Gasteiger partial charge in [0.25, 0.3) is 0 Å². The monoisotopic (exact) mass is 284 g/mol. The number of nitrogen functional groups attached to an aromatic ring is 1. The quantitative estimate of drug-likeness (QED) is 0.803. The van der Waals surface area contributed by atoms with Crippen molar-refractivity contribution < 1.29 is 0 Å². The fraction of sp³-hybridized carbons (Fsp3) is 0.200. The Balaban J connectivity index is 1.97. The van der Waals surface area contributed by atoms with Gasteiger partial charge in [0.05, 0.1) is 24.8 Å². The maximum atomic E-state index is 5.95. The van der Waals surface area contributed by atoms with Gasteiger partial charge in [0.2, 0.25) is 0 Å². The number of nitrogens with two attached hydrogens (primary N) is 1. The first kappa shape index (κ1) is 12.9. The summed E-state index contributed by atoms with van der Waals surface area (Å²) in [5.41, 5.74) is 9.22. The molecule has 0 aliphatic heterocycles. The lowest BCUT2D eigenvalue weighted by Gasteiger charge is -2.08. The Morgan fingerprint density at radius 1 is 1.35 bits per heavy atom. The van der Waals surface area contributed by atoms with E-state index in [-0.39, 0.29) is 0 Å². The van der Waals surface area contributed by atoms with E-state index in [1.165, 1.54) is 15.3 Å². The Morgan fingerprint density at radius 2 is 2.20 bits per heavy atom. The van der Waals surface area contributed by atoms with Gasteiger partial charge in [0.15, 0.2) is 0 Å². The highest BCUT2D eigenvalue weighted by atomic mass is 32.1. The van der Waals surface area contributed by atoms with Crippen molar-refractivity contribution in [2.24, 2.45) is 0 Å². The third kappa shape index (κ3) is 2.32. The van der Waals surface area contributed by atoms with Gasteiger partial charge in [-0.1, -0.05) is 0 Å². The van der Waals surface area contributed by atoms with Crippen LogP contribution in [0, 0.1) is 13.8 Å². The third-order valence-electron chi connectivity index (χ3n) is 3.37. The Morgan fingerprint density at radius 3 is 2.90 bits per heavy atom. The number of nitrogens with zero attached hydrogens (tertiary/aromatic N) is 3. The average Bonchev–Trinajstić information content (AvgIpc) is 2.98. The molecule has 20 heavy (non-hydrogen) atoms. The van der Waals surface area contributed by atoms with Gasteiger partial charge in [0.1, 0.15) is 5.82 Å². The minimum atomic E-state index is 0.535. The van der Waals surface area contributed by atoms with E-state index in [2.05, 4.69) is 34.4 Å². The van der Waals surface area contributed by atoms with Crippen molar-refractivity contribution in [1.82, 2.24) is 14.5 Å². The molecule has 5 heteroatoms. The van der Waals surface area contributed by atoms with Crippen LogP contribution in [0.15, 0.2) is 36.9 Å². The first-order chi connectivity index (χ1) is 9.65. The second kappa shape index (κ2) is 5.09. The number of aryl methyl sites for hydroxylation is 2. The van der Waals surface area contributed by atoms with Gasteiger partial charge in [-0.3, -0.25) is 0 Å². The number of hydrogen-bond acceptors (Lipinski definition) is 4. The molecule has 0 amide bonds. The summed E-state index contributed by atoms with van der Waals surface area (Å²) in [6.45, 7) is 5.10. The summed E-state index contributed by atoms with van der Waals surface area (Å²) in [6.07, 6.45) is 5.37. The zero-order chi connectivity index (χ0) is 14.1. The third-order valence-corrected chi connectivity index (χ3v) is 4.51. The van der Waals surface area contributed by atoms with E-state index in [0.29, 0.717) is 5.82 Å². The summed E-state index contributed by atoms with van der Waals surface area (Å²) < 4.78 is 2.11. The van der Waals surface area contributed by atoms with Crippen LogP contribution in [0.4, 0.5) is 5.82 Å². The smallest absolute Gasteiger partial charge is 0.132 e. The number of aromatic nitrogens is 3. The molecule has 0 spiro atoms. The molecular weight excluding hydrogens is 268 g/mol. The zero-order valence-corrected chi connectivity index (χ0v) is 12.3. The van der Waals surface area contributed by atoms with Crippen LogP contribution in [-0.2, 0) is 6.54 Å². The van der Waals surface area contributed by atoms with Crippen molar-refractivity contribution >= 4 is 17.2 Å². The molecule has 3 heterocycles. The predicted octanol–water partition coefficient (Wildman–Crippen LogP) is 3.25. The first-order valence-corrected chi connectivity index (χ1v) is 7.23. The minimum absolute atomic E-state index is 0.535. The van der Waals surface area contributed by atoms with Gasteiger partial charge in [-0.15, -0.1) is 11.3 Å². The normalized spacial score (nSPS) is 10.9. The molecule has 0 fully saturated rings. The van der Waals surface area contributed by atoms with Gasteiger partial charge in [0, 0.05) is 21.5 Å².